The predicted octanol–water partition coefficient (Wildman–Crippen LogP) is 1.85. The predicted molar refractivity (Wildman–Crippen MR) is 86.3 cm³/mol. The number of aromatic hydroxyl groups is 1. The van der Waals surface area contributed by atoms with Gasteiger partial charge >= 0.3 is 5.97 Å². The standard InChI is InChI=1S/C14H15FN2O3S2/c1-17-10(14(19)20)6-22-13(17)9-5-21-12(16-9)8-4-7(15)2-3-11(8)18/h2-4,9-10,13,18H,5-6H2,1H3,(H,19,20)/t9-,10+,13-/m0/s1. The quantitative estimate of drug-likeness (QED) is 0.873. The van der Waals surface area contributed by atoms with Crippen LogP contribution in [0.2, 0.25) is 0 Å². The second kappa shape index (κ2) is 6.10. The van der Waals surface area contributed by atoms with E-state index in [1.165, 1.54) is 30.0 Å². The molecule has 0 unspecified atom stereocenters. The molecule has 1 fully saturated rings. The van der Waals surface area contributed by atoms with Gasteiger partial charge in [-0.05, 0) is 25.2 Å². The normalized spacial score (nSPS) is 28.8. The van der Waals surface area contributed by atoms with Gasteiger partial charge < -0.3 is 10.2 Å². The number of likely N-dealkylation sites (N-methyl/N-ethyl adjacent to an activating group) is 1. The molecule has 0 aromatic heterocycles. The summed E-state index contributed by atoms with van der Waals surface area (Å²) in [7, 11) is 1.79. The van der Waals surface area contributed by atoms with Crippen LogP contribution in [0.4, 0.5) is 4.39 Å². The topological polar surface area (TPSA) is 73.1 Å². The van der Waals surface area contributed by atoms with Crippen molar-refractivity contribution in [1.82, 2.24) is 4.90 Å². The number of phenolic OH excluding ortho intramolecular Hbond substituents is 1. The Morgan fingerprint density at radius 3 is 2.91 bits per heavy atom. The fraction of sp³-hybridized carbons (Fsp3) is 0.429. The highest BCUT2D eigenvalue weighted by molar-refractivity contribution is 8.14. The van der Waals surface area contributed by atoms with Crippen LogP contribution in [0.5, 0.6) is 5.75 Å². The molecule has 2 N–H and O–H groups in total. The number of aliphatic carboxylic acids is 1. The summed E-state index contributed by atoms with van der Waals surface area (Å²) in [4.78, 5) is 17.6. The van der Waals surface area contributed by atoms with E-state index in [0.717, 1.165) is 0 Å². The molecule has 2 aliphatic rings. The van der Waals surface area contributed by atoms with Crippen LogP contribution in [-0.2, 0) is 4.79 Å². The Morgan fingerprint density at radius 1 is 1.45 bits per heavy atom. The van der Waals surface area contributed by atoms with Crippen molar-refractivity contribution in [2.24, 2.45) is 4.99 Å². The molecule has 1 aromatic carbocycles. The van der Waals surface area contributed by atoms with Crippen LogP contribution in [-0.4, -0.2) is 62.1 Å². The van der Waals surface area contributed by atoms with Crippen LogP contribution < -0.4 is 0 Å². The lowest BCUT2D eigenvalue weighted by atomic mass is 10.2. The van der Waals surface area contributed by atoms with Crippen LogP contribution in [0.25, 0.3) is 0 Å². The SMILES string of the molecule is CN1[C@@H](C(=O)O)CS[C@H]1[C@@H]1CSC(c2cc(F)ccc2O)=N1. The number of hydrogen-bond donors (Lipinski definition) is 2. The van der Waals surface area contributed by atoms with Crippen LogP contribution in [0.15, 0.2) is 23.2 Å². The molecule has 0 bridgehead atoms. The molecule has 5 nitrogen and oxygen atoms in total. The van der Waals surface area contributed by atoms with Crippen molar-refractivity contribution in [2.45, 2.75) is 17.5 Å². The molecule has 2 aliphatic heterocycles. The maximum atomic E-state index is 13.3. The van der Waals surface area contributed by atoms with Crippen molar-refractivity contribution in [3.63, 3.8) is 0 Å². The minimum Gasteiger partial charge on any atom is -0.507 e. The Hall–Kier alpha value is -1.25. The number of carbonyl (C=O) groups is 1. The average molecular weight is 342 g/mol. The van der Waals surface area contributed by atoms with Crippen molar-refractivity contribution in [3.8, 4) is 5.75 Å². The molecule has 22 heavy (non-hydrogen) atoms. The lowest BCUT2D eigenvalue weighted by molar-refractivity contribution is -0.141. The van der Waals surface area contributed by atoms with E-state index >= 15 is 0 Å². The molecule has 2 heterocycles. The van der Waals surface area contributed by atoms with E-state index in [2.05, 4.69) is 4.99 Å². The van der Waals surface area contributed by atoms with E-state index in [-0.39, 0.29) is 17.2 Å². The largest absolute Gasteiger partial charge is 0.507 e. The lowest BCUT2D eigenvalue weighted by Gasteiger charge is -2.24. The number of thioether (sulfide) groups is 2. The van der Waals surface area contributed by atoms with E-state index in [1.807, 2.05) is 4.90 Å². The number of hydrogen-bond acceptors (Lipinski definition) is 6. The number of phenols is 1. The summed E-state index contributed by atoms with van der Waals surface area (Å²) in [5.74, 6) is -0.00925. The first kappa shape index (κ1) is 15.6. The highest BCUT2D eigenvalue weighted by atomic mass is 32.2. The van der Waals surface area contributed by atoms with E-state index < -0.39 is 17.8 Å². The molecule has 8 heteroatoms. The van der Waals surface area contributed by atoms with Gasteiger partial charge in [-0.3, -0.25) is 14.7 Å². The Kier molecular flexibility index (Phi) is 4.33. The molecular formula is C14H15FN2O3S2. The molecule has 118 valence electrons. The summed E-state index contributed by atoms with van der Waals surface area (Å²) in [6, 6.07) is 3.23. The van der Waals surface area contributed by atoms with Crippen molar-refractivity contribution in [1.29, 1.82) is 0 Å². The third kappa shape index (κ3) is 2.82. The van der Waals surface area contributed by atoms with Gasteiger partial charge in [-0.15, -0.1) is 23.5 Å². The average Bonchev–Trinajstić information content (AvgIpc) is 3.07. The molecule has 0 saturated carbocycles. The smallest absolute Gasteiger partial charge is 0.321 e. The Balaban J connectivity index is 1.80. The van der Waals surface area contributed by atoms with Gasteiger partial charge in [-0.25, -0.2) is 4.39 Å². The maximum Gasteiger partial charge on any atom is 0.321 e. The zero-order chi connectivity index (χ0) is 15.9. The molecule has 0 amide bonds. The molecule has 3 rings (SSSR count). The number of carboxylic acids is 1. The van der Waals surface area contributed by atoms with Crippen molar-refractivity contribution >= 4 is 34.5 Å². The van der Waals surface area contributed by atoms with Gasteiger partial charge in [0.25, 0.3) is 0 Å². The van der Waals surface area contributed by atoms with Gasteiger partial charge in [-0.1, -0.05) is 0 Å². The molecule has 0 radical (unpaired) electrons. The summed E-state index contributed by atoms with van der Waals surface area (Å²) in [5.41, 5.74) is 0.396. The van der Waals surface area contributed by atoms with E-state index in [0.29, 0.717) is 22.1 Å². The number of benzene rings is 1. The number of aliphatic imine (C=N–C) groups is 1. The second-order valence-electron chi connectivity index (χ2n) is 5.22. The van der Waals surface area contributed by atoms with Gasteiger partial charge in [-0.2, -0.15) is 0 Å². The monoisotopic (exact) mass is 342 g/mol. The third-order valence-corrected chi connectivity index (χ3v) is 6.40. The van der Waals surface area contributed by atoms with Crippen LogP contribution in [0.3, 0.4) is 0 Å². The minimum atomic E-state index is -0.824. The second-order valence-corrected chi connectivity index (χ2v) is 7.38. The molecular weight excluding hydrogens is 327 g/mol. The maximum absolute atomic E-state index is 13.3. The molecule has 1 saturated heterocycles. The number of nitrogens with zero attached hydrogens (tertiary/aromatic N) is 2. The Labute approximate surface area is 135 Å². The summed E-state index contributed by atoms with van der Waals surface area (Å²) in [6.45, 7) is 0. The van der Waals surface area contributed by atoms with Crippen molar-refractivity contribution in [2.75, 3.05) is 18.6 Å². The van der Waals surface area contributed by atoms with Crippen LogP contribution in [0.1, 0.15) is 5.56 Å². The summed E-state index contributed by atoms with van der Waals surface area (Å²) < 4.78 is 13.3. The summed E-state index contributed by atoms with van der Waals surface area (Å²) >= 11 is 3.04. The van der Waals surface area contributed by atoms with Gasteiger partial charge in [0.15, 0.2) is 0 Å². The van der Waals surface area contributed by atoms with E-state index in [1.54, 1.807) is 18.8 Å². The first-order valence-corrected chi connectivity index (χ1v) is 8.76. The van der Waals surface area contributed by atoms with E-state index in [9.17, 15) is 19.4 Å². The number of rotatable bonds is 3. The lowest BCUT2D eigenvalue weighted by Crippen LogP contribution is -2.42. The van der Waals surface area contributed by atoms with Crippen LogP contribution in [0, 0.1) is 5.82 Å². The zero-order valence-electron chi connectivity index (χ0n) is 11.8. The third-order valence-electron chi connectivity index (χ3n) is 3.79. The van der Waals surface area contributed by atoms with E-state index in [4.69, 9.17) is 0 Å². The first-order valence-electron chi connectivity index (χ1n) is 6.73. The van der Waals surface area contributed by atoms with Gasteiger partial charge in [0, 0.05) is 11.5 Å². The fourth-order valence-corrected chi connectivity index (χ4v) is 5.35. The van der Waals surface area contributed by atoms with Gasteiger partial charge in [0.05, 0.1) is 17.0 Å². The zero-order valence-corrected chi connectivity index (χ0v) is 13.4. The summed E-state index contributed by atoms with van der Waals surface area (Å²) in [6.07, 6.45) is 0. The van der Waals surface area contributed by atoms with Crippen molar-refractivity contribution in [3.05, 3.63) is 29.6 Å². The van der Waals surface area contributed by atoms with Crippen molar-refractivity contribution < 1.29 is 19.4 Å². The molecule has 0 aliphatic carbocycles. The highest BCUT2D eigenvalue weighted by Crippen LogP contribution is 2.37. The Morgan fingerprint density at radius 2 is 2.23 bits per heavy atom. The number of carboxylic acid groups (broad SMARTS) is 1. The fourth-order valence-electron chi connectivity index (χ4n) is 2.59. The molecule has 1 aromatic rings. The molecule has 0 spiro atoms. The van der Waals surface area contributed by atoms with Crippen LogP contribution >= 0.6 is 23.5 Å². The van der Waals surface area contributed by atoms with Gasteiger partial charge in [0.1, 0.15) is 22.7 Å². The highest BCUT2D eigenvalue weighted by Gasteiger charge is 2.41. The van der Waals surface area contributed by atoms with Gasteiger partial charge in [0.2, 0.25) is 0 Å². The number of halogens is 1. The Bertz CT molecular complexity index is 641. The minimum absolute atomic E-state index is 0.00384. The summed E-state index contributed by atoms with van der Waals surface area (Å²) in [5, 5.41) is 19.6. The first-order chi connectivity index (χ1) is 10.5. The molecule has 3 atom stereocenters.